The van der Waals surface area contributed by atoms with E-state index in [1.807, 2.05) is 0 Å². The van der Waals surface area contributed by atoms with Crippen LogP contribution in [0.5, 0.6) is 17.2 Å². The van der Waals surface area contributed by atoms with Gasteiger partial charge in [0.25, 0.3) is 5.91 Å². The normalized spacial score (nSPS) is 17.5. The van der Waals surface area contributed by atoms with Crippen molar-refractivity contribution >= 4 is 17.4 Å². The van der Waals surface area contributed by atoms with Crippen LogP contribution in [0.1, 0.15) is 37.7 Å². The van der Waals surface area contributed by atoms with Crippen molar-refractivity contribution < 1.29 is 32.6 Å². The first kappa shape index (κ1) is 24.3. The molecule has 1 unspecified atom stereocenters. The van der Waals surface area contributed by atoms with E-state index in [0.29, 0.717) is 59.4 Å². The maximum atomic E-state index is 14.3. The molecule has 0 bridgehead atoms. The third-order valence-corrected chi connectivity index (χ3v) is 6.22. The SMILES string of the molecule is COc1cc(C2C(C(=O)Nc3ccc(F)cc3F)=C(C)NC3=C2C(=O)CCC3)cc(OC)c1OC. The summed E-state index contributed by atoms with van der Waals surface area (Å²) in [6.07, 6.45) is 1.70. The molecule has 0 spiro atoms. The highest BCUT2D eigenvalue weighted by Gasteiger charge is 2.39. The zero-order valence-corrected chi connectivity index (χ0v) is 19.9. The van der Waals surface area contributed by atoms with E-state index in [1.165, 1.54) is 21.3 Å². The van der Waals surface area contributed by atoms with Crippen molar-refractivity contribution in [2.24, 2.45) is 0 Å². The molecule has 0 fully saturated rings. The Morgan fingerprint density at radius 1 is 1.03 bits per heavy atom. The fourth-order valence-electron chi connectivity index (χ4n) is 4.67. The van der Waals surface area contributed by atoms with Crippen molar-refractivity contribution in [1.82, 2.24) is 5.32 Å². The first-order valence-electron chi connectivity index (χ1n) is 11.1. The molecule has 35 heavy (non-hydrogen) atoms. The van der Waals surface area contributed by atoms with Gasteiger partial charge >= 0.3 is 0 Å². The van der Waals surface area contributed by atoms with E-state index in [0.717, 1.165) is 17.8 Å². The summed E-state index contributed by atoms with van der Waals surface area (Å²) in [5.74, 6) is -2.02. The standard InChI is InChI=1S/C26H26F2N2O5/c1-13-22(26(32)30-17-9-8-15(27)12-16(17)28)23(24-18(29-13)6-5-7-19(24)31)14-10-20(33-2)25(35-4)21(11-14)34-3/h8-12,23,29H,5-7H2,1-4H3,(H,30,32). The van der Waals surface area contributed by atoms with Crippen LogP contribution >= 0.6 is 0 Å². The van der Waals surface area contributed by atoms with E-state index in [-0.39, 0.29) is 17.0 Å². The van der Waals surface area contributed by atoms with E-state index in [2.05, 4.69) is 10.6 Å². The Bertz CT molecular complexity index is 1240. The van der Waals surface area contributed by atoms with E-state index < -0.39 is 23.5 Å². The second kappa shape index (κ2) is 9.77. The molecule has 2 aromatic carbocycles. The summed E-state index contributed by atoms with van der Waals surface area (Å²) >= 11 is 0. The Morgan fingerprint density at radius 3 is 2.31 bits per heavy atom. The van der Waals surface area contributed by atoms with Crippen molar-refractivity contribution in [1.29, 1.82) is 0 Å². The number of carbonyl (C=O) groups excluding carboxylic acids is 2. The van der Waals surface area contributed by atoms with Crippen LogP contribution in [0.25, 0.3) is 0 Å². The molecular formula is C26H26F2N2O5. The van der Waals surface area contributed by atoms with Crippen molar-refractivity contribution in [3.05, 3.63) is 70.1 Å². The minimum absolute atomic E-state index is 0.0803. The Hall–Kier alpha value is -3.88. The first-order valence-corrected chi connectivity index (χ1v) is 11.1. The van der Waals surface area contributed by atoms with Gasteiger partial charge in [-0.25, -0.2) is 8.78 Å². The summed E-state index contributed by atoms with van der Waals surface area (Å²) in [6, 6.07) is 6.30. The van der Waals surface area contributed by atoms with Crippen LogP contribution in [0.2, 0.25) is 0 Å². The molecule has 1 heterocycles. The van der Waals surface area contributed by atoms with Gasteiger partial charge in [0.05, 0.1) is 27.0 Å². The van der Waals surface area contributed by atoms with Crippen LogP contribution in [0.15, 0.2) is 52.9 Å². The number of nitrogens with one attached hydrogen (secondary N) is 2. The lowest BCUT2D eigenvalue weighted by Gasteiger charge is -2.35. The molecule has 2 aromatic rings. The maximum absolute atomic E-state index is 14.3. The molecule has 1 aliphatic heterocycles. The molecule has 9 heteroatoms. The number of Topliss-reactive ketones (excluding diaryl/α,β-unsaturated/α-hetero) is 1. The second-order valence-electron chi connectivity index (χ2n) is 8.30. The van der Waals surface area contributed by atoms with Crippen LogP contribution in [0.3, 0.4) is 0 Å². The Kier molecular flexibility index (Phi) is 6.77. The summed E-state index contributed by atoms with van der Waals surface area (Å²) in [4.78, 5) is 26.6. The molecular weight excluding hydrogens is 458 g/mol. The molecule has 1 aliphatic carbocycles. The first-order chi connectivity index (χ1) is 16.8. The summed E-state index contributed by atoms with van der Waals surface area (Å²) in [5.41, 5.74) is 2.39. The Balaban J connectivity index is 1.87. The third-order valence-electron chi connectivity index (χ3n) is 6.22. The van der Waals surface area contributed by atoms with E-state index >= 15 is 0 Å². The monoisotopic (exact) mass is 484 g/mol. The van der Waals surface area contributed by atoms with Crippen LogP contribution < -0.4 is 24.8 Å². The van der Waals surface area contributed by atoms with Gasteiger partial charge in [-0.2, -0.15) is 0 Å². The van der Waals surface area contributed by atoms with Gasteiger partial charge in [0, 0.05) is 40.9 Å². The predicted octanol–water partition coefficient (Wildman–Crippen LogP) is 4.60. The second-order valence-corrected chi connectivity index (χ2v) is 8.30. The number of hydrogen-bond acceptors (Lipinski definition) is 6. The van der Waals surface area contributed by atoms with Crippen molar-refractivity contribution in [2.45, 2.75) is 32.1 Å². The molecule has 0 aromatic heterocycles. The average molecular weight is 484 g/mol. The molecule has 2 aliphatic rings. The fraction of sp³-hybridized carbons (Fsp3) is 0.308. The molecule has 2 N–H and O–H groups in total. The fourth-order valence-corrected chi connectivity index (χ4v) is 4.67. The van der Waals surface area contributed by atoms with Gasteiger partial charge in [-0.05, 0) is 49.6 Å². The van der Waals surface area contributed by atoms with Crippen molar-refractivity contribution in [2.75, 3.05) is 26.6 Å². The topological polar surface area (TPSA) is 85.9 Å². The molecule has 1 atom stereocenters. The van der Waals surface area contributed by atoms with Gasteiger partial charge in [0.15, 0.2) is 17.3 Å². The highest BCUT2D eigenvalue weighted by atomic mass is 19.1. The quantitative estimate of drug-likeness (QED) is 0.624. The minimum atomic E-state index is -0.904. The number of ketones is 1. The highest BCUT2D eigenvalue weighted by molar-refractivity contribution is 6.09. The van der Waals surface area contributed by atoms with E-state index in [4.69, 9.17) is 14.2 Å². The number of rotatable bonds is 6. The molecule has 1 amide bonds. The number of hydrogen-bond donors (Lipinski definition) is 2. The van der Waals surface area contributed by atoms with Crippen LogP contribution in [0, 0.1) is 11.6 Å². The number of benzene rings is 2. The number of ether oxygens (including phenoxy) is 3. The van der Waals surface area contributed by atoms with Crippen molar-refractivity contribution in [3.8, 4) is 17.2 Å². The molecule has 4 rings (SSSR count). The number of carbonyl (C=O) groups is 2. The number of methoxy groups -OCH3 is 3. The zero-order valence-electron chi connectivity index (χ0n) is 19.9. The number of amides is 1. The van der Waals surface area contributed by atoms with E-state index in [1.54, 1.807) is 19.1 Å². The molecule has 0 radical (unpaired) electrons. The summed E-state index contributed by atoms with van der Waals surface area (Å²) in [5, 5.41) is 5.73. The smallest absolute Gasteiger partial charge is 0.254 e. The van der Waals surface area contributed by atoms with Gasteiger partial charge in [0.2, 0.25) is 5.75 Å². The lowest BCUT2D eigenvalue weighted by molar-refractivity contribution is -0.116. The molecule has 0 saturated heterocycles. The van der Waals surface area contributed by atoms with Crippen LogP contribution in [0.4, 0.5) is 14.5 Å². The number of anilines is 1. The third kappa shape index (κ3) is 4.45. The maximum Gasteiger partial charge on any atom is 0.254 e. The van der Waals surface area contributed by atoms with Crippen molar-refractivity contribution in [3.63, 3.8) is 0 Å². The molecule has 0 saturated carbocycles. The lowest BCUT2D eigenvalue weighted by Crippen LogP contribution is -2.35. The zero-order chi connectivity index (χ0) is 25.3. The summed E-state index contributed by atoms with van der Waals surface area (Å²) in [7, 11) is 4.44. The molecule has 7 nitrogen and oxygen atoms in total. The number of dihydropyridines is 1. The van der Waals surface area contributed by atoms with E-state index in [9.17, 15) is 18.4 Å². The summed E-state index contributed by atoms with van der Waals surface area (Å²) in [6.45, 7) is 1.73. The Morgan fingerprint density at radius 2 is 1.71 bits per heavy atom. The summed E-state index contributed by atoms with van der Waals surface area (Å²) < 4.78 is 44.1. The minimum Gasteiger partial charge on any atom is -0.493 e. The predicted molar refractivity (Wildman–Crippen MR) is 126 cm³/mol. The van der Waals surface area contributed by atoms with Gasteiger partial charge < -0.3 is 24.8 Å². The largest absolute Gasteiger partial charge is 0.493 e. The number of allylic oxidation sites excluding steroid dienone is 3. The van der Waals surface area contributed by atoms with Gasteiger partial charge in [-0.1, -0.05) is 0 Å². The average Bonchev–Trinajstić information content (AvgIpc) is 2.83. The van der Waals surface area contributed by atoms with Crippen LogP contribution in [-0.4, -0.2) is 33.0 Å². The van der Waals surface area contributed by atoms with Gasteiger partial charge in [-0.3, -0.25) is 9.59 Å². The van der Waals surface area contributed by atoms with Crippen LogP contribution in [-0.2, 0) is 9.59 Å². The molecule has 184 valence electrons. The Labute approximate surface area is 201 Å². The van der Waals surface area contributed by atoms with Gasteiger partial charge in [0.1, 0.15) is 11.6 Å². The highest BCUT2D eigenvalue weighted by Crippen LogP contribution is 2.47. The lowest BCUT2D eigenvalue weighted by atomic mass is 9.75. The van der Waals surface area contributed by atoms with Gasteiger partial charge in [-0.15, -0.1) is 0 Å². The number of halogens is 2.